The summed E-state index contributed by atoms with van der Waals surface area (Å²) < 4.78 is 5.31. The molecule has 0 aromatic heterocycles. The van der Waals surface area contributed by atoms with Crippen molar-refractivity contribution in [3.8, 4) is 5.75 Å². The van der Waals surface area contributed by atoms with E-state index in [1.807, 2.05) is 43.3 Å². The lowest BCUT2D eigenvalue weighted by molar-refractivity contribution is -0.121. The van der Waals surface area contributed by atoms with Crippen LogP contribution >= 0.6 is 0 Å². The number of anilines is 1. The van der Waals surface area contributed by atoms with Crippen LogP contribution in [0.2, 0.25) is 0 Å². The van der Waals surface area contributed by atoms with Gasteiger partial charge >= 0.3 is 0 Å². The van der Waals surface area contributed by atoms with Gasteiger partial charge in [-0.25, -0.2) is 0 Å². The molecule has 2 aromatic rings. The number of carbonyl (C=O) groups is 1. The zero-order chi connectivity index (χ0) is 15.2. The Labute approximate surface area is 124 Å². The Morgan fingerprint density at radius 1 is 1.19 bits per heavy atom. The molecule has 0 heterocycles. The molecule has 0 fully saturated rings. The van der Waals surface area contributed by atoms with Crippen molar-refractivity contribution in [3.63, 3.8) is 0 Å². The first-order valence-corrected chi connectivity index (χ1v) is 6.87. The molecule has 2 aromatic carbocycles. The van der Waals surface area contributed by atoms with Crippen LogP contribution in [0.25, 0.3) is 0 Å². The van der Waals surface area contributed by atoms with Crippen LogP contribution in [-0.4, -0.2) is 13.0 Å². The summed E-state index contributed by atoms with van der Waals surface area (Å²) in [7, 11) is 1.63. The van der Waals surface area contributed by atoms with E-state index in [0.29, 0.717) is 12.1 Å². The van der Waals surface area contributed by atoms with Crippen LogP contribution in [0.15, 0.2) is 48.5 Å². The molecule has 2 rings (SSSR count). The lowest BCUT2D eigenvalue weighted by Crippen LogP contribution is -2.28. The van der Waals surface area contributed by atoms with E-state index < -0.39 is 0 Å². The minimum atomic E-state index is -0.109. The van der Waals surface area contributed by atoms with Gasteiger partial charge in [0, 0.05) is 11.3 Å². The van der Waals surface area contributed by atoms with Crippen molar-refractivity contribution in [1.82, 2.24) is 5.32 Å². The second-order valence-corrected chi connectivity index (χ2v) is 4.95. The molecule has 4 nitrogen and oxygen atoms in total. The predicted octanol–water partition coefficient (Wildman–Crippen LogP) is 2.70. The summed E-state index contributed by atoms with van der Waals surface area (Å²) in [6.45, 7) is 1.94. The second kappa shape index (κ2) is 6.79. The van der Waals surface area contributed by atoms with Gasteiger partial charge in [-0.3, -0.25) is 4.79 Å². The van der Waals surface area contributed by atoms with Gasteiger partial charge in [0.15, 0.2) is 0 Å². The Hall–Kier alpha value is -2.49. The highest BCUT2D eigenvalue weighted by Gasteiger charge is 2.13. The van der Waals surface area contributed by atoms with Crippen molar-refractivity contribution in [2.24, 2.45) is 0 Å². The van der Waals surface area contributed by atoms with E-state index in [2.05, 4.69) is 5.32 Å². The molecule has 0 bridgehead atoms. The van der Waals surface area contributed by atoms with Gasteiger partial charge in [-0.2, -0.15) is 0 Å². The summed E-state index contributed by atoms with van der Waals surface area (Å²) in [4.78, 5) is 12.1. The molecule has 3 N–H and O–H groups in total. The summed E-state index contributed by atoms with van der Waals surface area (Å²) in [6, 6.07) is 14.9. The molecular weight excluding hydrogens is 264 g/mol. The van der Waals surface area contributed by atoms with Crippen molar-refractivity contribution >= 4 is 11.6 Å². The van der Waals surface area contributed by atoms with Crippen molar-refractivity contribution in [2.75, 3.05) is 12.8 Å². The summed E-state index contributed by atoms with van der Waals surface area (Å²) in [5, 5.41) is 2.98. The number of methoxy groups -OCH3 is 1. The van der Waals surface area contributed by atoms with Gasteiger partial charge in [-0.15, -0.1) is 0 Å². The van der Waals surface area contributed by atoms with Gasteiger partial charge in [0.2, 0.25) is 5.91 Å². The molecule has 0 aliphatic heterocycles. The summed E-state index contributed by atoms with van der Waals surface area (Å²) in [5.41, 5.74) is 8.23. The van der Waals surface area contributed by atoms with E-state index in [1.54, 1.807) is 19.2 Å². The predicted molar refractivity (Wildman–Crippen MR) is 84.1 cm³/mol. The van der Waals surface area contributed by atoms with Gasteiger partial charge in [0.05, 0.1) is 19.6 Å². The number of rotatable bonds is 5. The molecule has 0 aliphatic rings. The van der Waals surface area contributed by atoms with Crippen molar-refractivity contribution < 1.29 is 9.53 Å². The molecule has 0 saturated heterocycles. The molecule has 0 spiro atoms. The zero-order valence-electron chi connectivity index (χ0n) is 12.3. The Morgan fingerprint density at radius 3 is 2.52 bits per heavy atom. The standard InChI is InChI=1S/C17H20N2O2/c1-12(15-5-3-4-6-16(15)21-2)19-17(20)11-13-7-9-14(18)10-8-13/h3-10,12H,11,18H2,1-2H3,(H,19,20). The van der Waals surface area contributed by atoms with Gasteiger partial charge in [0.1, 0.15) is 5.75 Å². The number of benzene rings is 2. The highest BCUT2D eigenvalue weighted by molar-refractivity contribution is 5.79. The first-order valence-electron chi connectivity index (χ1n) is 6.87. The SMILES string of the molecule is COc1ccccc1C(C)NC(=O)Cc1ccc(N)cc1. The number of nitrogen functional groups attached to an aromatic ring is 1. The van der Waals surface area contributed by atoms with E-state index in [1.165, 1.54) is 0 Å². The summed E-state index contributed by atoms with van der Waals surface area (Å²) in [5.74, 6) is 0.746. The van der Waals surface area contributed by atoms with E-state index in [9.17, 15) is 4.79 Å². The number of ether oxygens (including phenoxy) is 1. The number of nitrogens with two attached hydrogens (primary N) is 1. The topological polar surface area (TPSA) is 64.3 Å². The van der Waals surface area contributed by atoms with Gasteiger partial charge in [0.25, 0.3) is 0 Å². The number of carbonyl (C=O) groups excluding carboxylic acids is 1. The van der Waals surface area contributed by atoms with E-state index >= 15 is 0 Å². The first-order chi connectivity index (χ1) is 10.1. The zero-order valence-corrected chi connectivity index (χ0v) is 12.3. The van der Waals surface area contributed by atoms with Crippen molar-refractivity contribution in [1.29, 1.82) is 0 Å². The van der Waals surface area contributed by atoms with Crippen LogP contribution in [0, 0.1) is 0 Å². The van der Waals surface area contributed by atoms with Gasteiger partial charge in [-0.1, -0.05) is 30.3 Å². The molecule has 21 heavy (non-hydrogen) atoms. The van der Waals surface area contributed by atoms with Crippen LogP contribution in [-0.2, 0) is 11.2 Å². The molecule has 1 amide bonds. The lowest BCUT2D eigenvalue weighted by atomic mass is 10.1. The van der Waals surface area contributed by atoms with Crippen molar-refractivity contribution in [3.05, 3.63) is 59.7 Å². The van der Waals surface area contributed by atoms with Gasteiger partial charge in [-0.05, 0) is 30.7 Å². The molecule has 0 aliphatic carbocycles. The first kappa shape index (κ1) is 14.9. The van der Waals surface area contributed by atoms with Crippen LogP contribution in [0.5, 0.6) is 5.75 Å². The third-order valence-electron chi connectivity index (χ3n) is 3.33. The highest BCUT2D eigenvalue weighted by Crippen LogP contribution is 2.24. The fourth-order valence-corrected chi connectivity index (χ4v) is 2.22. The third kappa shape index (κ3) is 3.99. The van der Waals surface area contributed by atoms with Crippen LogP contribution in [0.3, 0.4) is 0 Å². The highest BCUT2D eigenvalue weighted by atomic mass is 16.5. The van der Waals surface area contributed by atoms with Gasteiger partial charge < -0.3 is 15.8 Å². The Balaban J connectivity index is 2.00. The summed E-state index contributed by atoms with van der Waals surface area (Å²) in [6.07, 6.45) is 0.333. The molecule has 1 atom stereocenters. The minimum absolute atomic E-state index is 0.0295. The van der Waals surface area contributed by atoms with Crippen molar-refractivity contribution in [2.45, 2.75) is 19.4 Å². The molecular formula is C17H20N2O2. The van der Waals surface area contributed by atoms with Crippen LogP contribution < -0.4 is 15.8 Å². The molecule has 1 unspecified atom stereocenters. The number of para-hydroxylation sites is 1. The Morgan fingerprint density at radius 2 is 1.86 bits per heavy atom. The Kier molecular flexibility index (Phi) is 4.82. The van der Waals surface area contributed by atoms with Crippen LogP contribution in [0.4, 0.5) is 5.69 Å². The van der Waals surface area contributed by atoms with Crippen LogP contribution in [0.1, 0.15) is 24.1 Å². The van der Waals surface area contributed by atoms with E-state index in [-0.39, 0.29) is 11.9 Å². The second-order valence-electron chi connectivity index (χ2n) is 4.95. The maximum absolute atomic E-state index is 12.1. The fourth-order valence-electron chi connectivity index (χ4n) is 2.22. The number of nitrogens with one attached hydrogen (secondary N) is 1. The van der Waals surface area contributed by atoms with E-state index in [4.69, 9.17) is 10.5 Å². The number of hydrogen-bond donors (Lipinski definition) is 2. The average molecular weight is 284 g/mol. The molecule has 0 radical (unpaired) electrons. The maximum Gasteiger partial charge on any atom is 0.224 e. The number of hydrogen-bond acceptors (Lipinski definition) is 3. The fraction of sp³-hybridized carbons (Fsp3) is 0.235. The maximum atomic E-state index is 12.1. The monoisotopic (exact) mass is 284 g/mol. The smallest absolute Gasteiger partial charge is 0.224 e. The van der Waals surface area contributed by atoms with E-state index in [0.717, 1.165) is 16.9 Å². The molecule has 4 heteroatoms. The summed E-state index contributed by atoms with van der Waals surface area (Å²) >= 11 is 0. The molecule has 0 saturated carbocycles. The number of amides is 1. The minimum Gasteiger partial charge on any atom is -0.496 e. The lowest BCUT2D eigenvalue weighted by Gasteiger charge is -2.17. The third-order valence-corrected chi connectivity index (χ3v) is 3.33. The average Bonchev–Trinajstić information content (AvgIpc) is 2.49. The quantitative estimate of drug-likeness (QED) is 0.830. The largest absolute Gasteiger partial charge is 0.496 e. The molecule has 110 valence electrons. The Bertz CT molecular complexity index is 608. The normalized spacial score (nSPS) is 11.7.